The van der Waals surface area contributed by atoms with E-state index in [1.54, 1.807) is 7.11 Å². The van der Waals surface area contributed by atoms with Crippen molar-refractivity contribution < 1.29 is 14.2 Å². The molecule has 0 spiro atoms. The fourth-order valence-electron chi connectivity index (χ4n) is 1.96. The summed E-state index contributed by atoms with van der Waals surface area (Å²) in [6.45, 7) is 7.22. The van der Waals surface area contributed by atoms with Crippen LogP contribution in [0.1, 0.15) is 25.8 Å². The summed E-state index contributed by atoms with van der Waals surface area (Å²) in [6.07, 6.45) is 1.81. The summed E-state index contributed by atoms with van der Waals surface area (Å²) in [5.74, 6) is 0.901. The van der Waals surface area contributed by atoms with Crippen LogP contribution >= 0.6 is 0 Å². The lowest BCUT2D eigenvalue weighted by atomic mass is 10.1. The van der Waals surface area contributed by atoms with Crippen LogP contribution in [0.3, 0.4) is 0 Å². The van der Waals surface area contributed by atoms with E-state index < -0.39 is 0 Å². The van der Waals surface area contributed by atoms with Crippen LogP contribution in [0.25, 0.3) is 0 Å². The molecule has 0 radical (unpaired) electrons. The molecule has 0 atom stereocenters. The Balaban J connectivity index is 2.14. The second-order valence-electron chi connectivity index (χ2n) is 4.48. The van der Waals surface area contributed by atoms with Crippen LogP contribution in [-0.4, -0.2) is 39.7 Å². The van der Waals surface area contributed by atoms with Gasteiger partial charge in [-0.3, -0.25) is 0 Å². The zero-order valence-electron chi connectivity index (χ0n) is 12.9. The van der Waals surface area contributed by atoms with E-state index in [0.29, 0.717) is 13.2 Å². The number of nitrogens with one attached hydrogen (secondary N) is 1. The number of rotatable bonds is 11. The average molecular weight is 281 g/mol. The van der Waals surface area contributed by atoms with Crippen molar-refractivity contribution in [3.8, 4) is 5.75 Å². The molecule has 0 aliphatic rings. The third-order valence-corrected chi connectivity index (χ3v) is 3.01. The van der Waals surface area contributed by atoms with Crippen LogP contribution in [0, 0.1) is 0 Å². The molecule has 0 unspecified atom stereocenters. The number of hydrogen-bond acceptors (Lipinski definition) is 4. The molecule has 0 aromatic heterocycles. The van der Waals surface area contributed by atoms with Crippen LogP contribution in [0.2, 0.25) is 0 Å². The Morgan fingerprint density at radius 2 is 1.65 bits per heavy atom. The van der Waals surface area contributed by atoms with Gasteiger partial charge in [0.1, 0.15) is 5.75 Å². The molecule has 1 rings (SSSR count). The predicted octanol–water partition coefficient (Wildman–Crippen LogP) is 2.62. The van der Waals surface area contributed by atoms with Crippen molar-refractivity contribution in [1.82, 2.24) is 5.32 Å². The van der Waals surface area contributed by atoms with Gasteiger partial charge >= 0.3 is 0 Å². The Morgan fingerprint density at radius 1 is 1.00 bits per heavy atom. The van der Waals surface area contributed by atoms with Gasteiger partial charge < -0.3 is 19.5 Å². The molecule has 1 aromatic rings. The largest absolute Gasteiger partial charge is 0.497 e. The highest BCUT2D eigenvalue weighted by Gasteiger charge is 2.06. The van der Waals surface area contributed by atoms with E-state index in [2.05, 4.69) is 17.4 Å². The van der Waals surface area contributed by atoms with E-state index in [1.807, 2.05) is 26.0 Å². The molecule has 0 bridgehead atoms. The van der Waals surface area contributed by atoms with E-state index >= 15 is 0 Å². The van der Waals surface area contributed by atoms with Gasteiger partial charge in [-0.05, 0) is 51.1 Å². The molecular formula is C16H27NO3. The third kappa shape index (κ3) is 6.89. The Labute approximate surface area is 122 Å². The molecule has 4 heteroatoms. The molecule has 4 nitrogen and oxygen atoms in total. The van der Waals surface area contributed by atoms with Gasteiger partial charge in [0.2, 0.25) is 0 Å². The van der Waals surface area contributed by atoms with Crippen LogP contribution in [0.4, 0.5) is 0 Å². The van der Waals surface area contributed by atoms with Crippen molar-refractivity contribution in [2.75, 3.05) is 33.4 Å². The first-order valence-electron chi connectivity index (χ1n) is 7.37. The van der Waals surface area contributed by atoms with Crippen LogP contribution < -0.4 is 10.1 Å². The van der Waals surface area contributed by atoms with Gasteiger partial charge in [-0.25, -0.2) is 0 Å². The van der Waals surface area contributed by atoms with E-state index in [4.69, 9.17) is 14.2 Å². The average Bonchev–Trinajstić information content (AvgIpc) is 2.48. The maximum absolute atomic E-state index is 5.50. The molecule has 0 aliphatic carbocycles. The number of hydrogen-bond donors (Lipinski definition) is 1. The van der Waals surface area contributed by atoms with Crippen LogP contribution in [0.15, 0.2) is 24.3 Å². The summed E-state index contributed by atoms with van der Waals surface area (Å²) < 4.78 is 16.1. The minimum atomic E-state index is -0.0847. The third-order valence-electron chi connectivity index (χ3n) is 3.01. The van der Waals surface area contributed by atoms with Gasteiger partial charge in [0, 0.05) is 19.6 Å². The van der Waals surface area contributed by atoms with Crippen molar-refractivity contribution in [3.05, 3.63) is 29.8 Å². The zero-order chi connectivity index (χ0) is 14.6. The van der Waals surface area contributed by atoms with E-state index in [1.165, 1.54) is 5.56 Å². The van der Waals surface area contributed by atoms with Crippen LogP contribution in [-0.2, 0) is 15.9 Å². The van der Waals surface area contributed by atoms with Gasteiger partial charge in [-0.2, -0.15) is 0 Å². The minimum Gasteiger partial charge on any atom is -0.497 e. The first kappa shape index (κ1) is 17.0. The summed E-state index contributed by atoms with van der Waals surface area (Å²) in [7, 11) is 1.68. The van der Waals surface area contributed by atoms with E-state index in [9.17, 15) is 0 Å². The van der Waals surface area contributed by atoms with E-state index in [0.717, 1.165) is 31.7 Å². The Kier molecular flexibility index (Phi) is 9.04. The lowest BCUT2D eigenvalue weighted by Crippen LogP contribution is -2.26. The van der Waals surface area contributed by atoms with Gasteiger partial charge in [-0.15, -0.1) is 0 Å². The standard InChI is InChI=1S/C16H27NO3/c1-4-19-16(20-5-2)11-13-17-12-10-14-6-8-15(18-3)9-7-14/h6-9,16-17H,4-5,10-13H2,1-3H3. The molecule has 1 aromatic carbocycles. The lowest BCUT2D eigenvalue weighted by molar-refractivity contribution is -0.138. The maximum atomic E-state index is 5.50. The second-order valence-corrected chi connectivity index (χ2v) is 4.48. The SMILES string of the molecule is CCOC(CCNCCc1ccc(OC)cc1)OCC. The molecule has 20 heavy (non-hydrogen) atoms. The summed E-state index contributed by atoms with van der Waals surface area (Å²) in [6, 6.07) is 8.19. The summed E-state index contributed by atoms with van der Waals surface area (Å²) in [5.41, 5.74) is 1.31. The Hall–Kier alpha value is -1.10. The predicted molar refractivity (Wildman–Crippen MR) is 81.2 cm³/mol. The molecule has 0 fully saturated rings. The lowest BCUT2D eigenvalue weighted by Gasteiger charge is -2.17. The van der Waals surface area contributed by atoms with Gasteiger partial charge in [0.05, 0.1) is 7.11 Å². The molecular weight excluding hydrogens is 254 g/mol. The van der Waals surface area contributed by atoms with Gasteiger partial charge in [0.15, 0.2) is 6.29 Å². The molecule has 0 saturated heterocycles. The van der Waals surface area contributed by atoms with Gasteiger partial charge in [0.25, 0.3) is 0 Å². The fraction of sp³-hybridized carbons (Fsp3) is 0.625. The summed E-state index contributed by atoms with van der Waals surface area (Å²) >= 11 is 0. The van der Waals surface area contributed by atoms with Crippen molar-refractivity contribution in [3.63, 3.8) is 0 Å². The highest BCUT2D eigenvalue weighted by molar-refractivity contribution is 5.27. The molecule has 0 heterocycles. The number of ether oxygens (including phenoxy) is 3. The maximum Gasteiger partial charge on any atom is 0.158 e. The van der Waals surface area contributed by atoms with Crippen molar-refractivity contribution in [2.45, 2.75) is 33.0 Å². The molecule has 0 saturated carbocycles. The quantitative estimate of drug-likeness (QED) is 0.500. The summed E-state index contributed by atoms with van der Waals surface area (Å²) in [4.78, 5) is 0. The van der Waals surface area contributed by atoms with E-state index in [-0.39, 0.29) is 6.29 Å². The molecule has 0 aliphatic heterocycles. The smallest absolute Gasteiger partial charge is 0.158 e. The fourth-order valence-corrected chi connectivity index (χ4v) is 1.96. The van der Waals surface area contributed by atoms with Gasteiger partial charge in [-0.1, -0.05) is 12.1 Å². The number of benzene rings is 1. The van der Waals surface area contributed by atoms with Crippen molar-refractivity contribution in [1.29, 1.82) is 0 Å². The molecule has 1 N–H and O–H groups in total. The van der Waals surface area contributed by atoms with Crippen LogP contribution in [0.5, 0.6) is 5.75 Å². The zero-order valence-corrected chi connectivity index (χ0v) is 12.9. The molecule has 0 amide bonds. The Bertz CT molecular complexity index is 334. The minimum absolute atomic E-state index is 0.0847. The highest BCUT2D eigenvalue weighted by Crippen LogP contribution is 2.11. The normalized spacial score (nSPS) is 11.0. The first-order chi connectivity index (χ1) is 9.80. The van der Waals surface area contributed by atoms with Crippen molar-refractivity contribution in [2.24, 2.45) is 0 Å². The first-order valence-corrected chi connectivity index (χ1v) is 7.37. The molecule has 114 valence electrons. The topological polar surface area (TPSA) is 39.7 Å². The highest BCUT2D eigenvalue weighted by atomic mass is 16.7. The second kappa shape index (κ2) is 10.7. The van der Waals surface area contributed by atoms with Crippen molar-refractivity contribution >= 4 is 0 Å². The summed E-state index contributed by atoms with van der Waals surface area (Å²) in [5, 5.41) is 3.42. The Morgan fingerprint density at radius 3 is 2.20 bits per heavy atom. The monoisotopic (exact) mass is 281 g/mol. The number of methoxy groups -OCH3 is 1.